The van der Waals surface area contributed by atoms with Crippen molar-refractivity contribution in [1.82, 2.24) is 5.32 Å². The maximum absolute atomic E-state index is 3.94. The van der Waals surface area contributed by atoms with Crippen molar-refractivity contribution in [2.45, 2.75) is 40.2 Å². The van der Waals surface area contributed by atoms with Crippen molar-refractivity contribution in [1.29, 1.82) is 0 Å². The van der Waals surface area contributed by atoms with E-state index >= 15 is 0 Å². The fourth-order valence-electron chi connectivity index (χ4n) is 1.04. The first-order valence-electron chi connectivity index (χ1n) is 4.46. The topological polar surface area (TPSA) is 12.0 Å². The SMILES string of the molecule is C=C(C)C(CC)NCC(C)C. The zero-order valence-corrected chi connectivity index (χ0v) is 8.28. The first kappa shape index (κ1) is 10.7. The van der Waals surface area contributed by atoms with Crippen molar-refractivity contribution >= 4 is 0 Å². The summed E-state index contributed by atoms with van der Waals surface area (Å²) in [6.07, 6.45) is 1.14. The maximum Gasteiger partial charge on any atom is 0.0271 e. The van der Waals surface area contributed by atoms with Crippen LogP contribution in [0.15, 0.2) is 12.2 Å². The van der Waals surface area contributed by atoms with Crippen LogP contribution >= 0.6 is 0 Å². The molecule has 1 atom stereocenters. The molecule has 0 saturated heterocycles. The summed E-state index contributed by atoms with van der Waals surface area (Å²) in [4.78, 5) is 0. The van der Waals surface area contributed by atoms with Crippen molar-refractivity contribution < 1.29 is 0 Å². The Balaban J connectivity index is 3.61. The molecule has 0 amide bonds. The van der Waals surface area contributed by atoms with Gasteiger partial charge < -0.3 is 5.32 Å². The zero-order chi connectivity index (χ0) is 8.85. The molecule has 0 aliphatic rings. The van der Waals surface area contributed by atoms with Gasteiger partial charge >= 0.3 is 0 Å². The van der Waals surface area contributed by atoms with Crippen molar-refractivity contribution in [3.63, 3.8) is 0 Å². The van der Waals surface area contributed by atoms with E-state index in [1.165, 1.54) is 5.57 Å². The molecule has 0 aromatic heterocycles. The maximum atomic E-state index is 3.94. The van der Waals surface area contributed by atoms with Gasteiger partial charge in [-0.3, -0.25) is 0 Å². The number of hydrogen-bond donors (Lipinski definition) is 1. The third-order valence-corrected chi connectivity index (χ3v) is 1.78. The second-order valence-corrected chi connectivity index (χ2v) is 3.61. The third kappa shape index (κ3) is 5.02. The summed E-state index contributed by atoms with van der Waals surface area (Å²) in [6, 6.07) is 0.511. The molecule has 1 nitrogen and oxygen atoms in total. The van der Waals surface area contributed by atoms with Crippen LogP contribution in [0.3, 0.4) is 0 Å². The van der Waals surface area contributed by atoms with E-state index in [4.69, 9.17) is 0 Å². The number of hydrogen-bond acceptors (Lipinski definition) is 1. The molecular weight excluding hydrogens is 134 g/mol. The van der Waals surface area contributed by atoms with Crippen LogP contribution in [-0.4, -0.2) is 12.6 Å². The van der Waals surface area contributed by atoms with Gasteiger partial charge in [-0.2, -0.15) is 0 Å². The summed E-state index contributed by atoms with van der Waals surface area (Å²) < 4.78 is 0. The predicted molar refractivity (Wildman–Crippen MR) is 51.7 cm³/mol. The van der Waals surface area contributed by atoms with E-state index in [9.17, 15) is 0 Å². The lowest BCUT2D eigenvalue weighted by Crippen LogP contribution is -2.32. The first-order valence-corrected chi connectivity index (χ1v) is 4.46. The van der Waals surface area contributed by atoms with Crippen LogP contribution in [0.4, 0.5) is 0 Å². The Kier molecular flexibility index (Phi) is 5.22. The Morgan fingerprint density at radius 1 is 1.45 bits per heavy atom. The molecule has 66 valence electrons. The highest BCUT2D eigenvalue weighted by molar-refractivity contribution is 5.00. The van der Waals surface area contributed by atoms with Crippen LogP contribution in [0.2, 0.25) is 0 Å². The lowest BCUT2D eigenvalue weighted by molar-refractivity contribution is 0.489. The minimum absolute atomic E-state index is 0.511. The van der Waals surface area contributed by atoms with Crippen molar-refractivity contribution in [3.8, 4) is 0 Å². The molecule has 0 heterocycles. The molecule has 0 rings (SSSR count). The first-order chi connectivity index (χ1) is 5.07. The van der Waals surface area contributed by atoms with Gasteiger partial charge in [0.2, 0.25) is 0 Å². The van der Waals surface area contributed by atoms with Gasteiger partial charge in [0.05, 0.1) is 0 Å². The van der Waals surface area contributed by atoms with Crippen molar-refractivity contribution in [3.05, 3.63) is 12.2 Å². The van der Waals surface area contributed by atoms with E-state index in [-0.39, 0.29) is 0 Å². The van der Waals surface area contributed by atoms with Gasteiger partial charge in [-0.1, -0.05) is 32.9 Å². The summed E-state index contributed by atoms with van der Waals surface area (Å²) in [5.74, 6) is 0.725. The zero-order valence-electron chi connectivity index (χ0n) is 8.28. The summed E-state index contributed by atoms with van der Waals surface area (Å²) in [7, 11) is 0. The Labute approximate surface area is 70.9 Å². The highest BCUT2D eigenvalue weighted by atomic mass is 14.9. The van der Waals surface area contributed by atoms with Crippen molar-refractivity contribution in [2.24, 2.45) is 5.92 Å². The van der Waals surface area contributed by atoms with Gasteiger partial charge in [-0.05, 0) is 25.8 Å². The molecule has 11 heavy (non-hydrogen) atoms. The molecule has 0 aromatic rings. The van der Waals surface area contributed by atoms with Gasteiger partial charge in [-0.25, -0.2) is 0 Å². The molecule has 1 unspecified atom stereocenters. The van der Waals surface area contributed by atoms with E-state index < -0.39 is 0 Å². The van der Waals surface area contributed by atoms with Crippen LogP contribution in [0.25, 0.3) is 0 Å². The van der Waals surface area contributed by atoms with E-state index in [1.54, 1.807) is 0 Å². The highest BCUT2D eigenvalue weighted by Gasteiger charge is 2.05. The van der Waals surface area contributed by atoms with Crippen LogP contribution in [-0.2, 0) is 0 Å². The van der Waals surface area contributed by atoms with Gasteiger partial charge in [0.15, 0.2) is 0 Å². The highest BCUT2D eigenvalue weighted by Crippen LogP contribution is 2.02. The summed E-state index contributed by atoms with van der Waals surface area (Å²) in [6.45, 7) is 13.7. The van der Waals surface area contributed by atoms with E-state index in [2.05, 4.69) is 39.6 Å². The Morgan fingerprint density at radius 3 is 2.27 bits per heavy atom. The Morgan fingerprint density at radius 2 is 2.00 bits per heavy atom. The normalized spacial score (nSPS) is 13.5. The van der Waals surface area contributed by atoms with Gasteiger partial charge in [0.1, 0.15) is 0 Å². The molecule has 0 fully saturated rings. The number of nitrogens with one attached hydrogen (secondary N) is 1. The number of rotatable bonds is 5. The average Bonchev–Trinajstić information content (AvgIpc) is 1.87. The van der Waals surface area contributed by atoms with E-state index in [1.807, 2.05) is 0 Å². The molecule has 0 radical (unpaired) electrons. The Hall–Kier alpha value is -0.300. The fraction of sp³-hybridized carbons (Fsp3) is 0.800. The molecule has 0 bridgehead atoms. The monoisotopic (exact) mass is 155 g/mol. The standard InChI is InChI=1S/C10H21N/c1-6-10(9(4)5)11-7-8(2)3/h8,10-11H,4,6-7H2,1-3,5H3. The summed E-state index contributed by atoms with van der Waals surface area (Å²) in [5, 5.41) is 3.47. The molecule has 1 N–H and O–H groups in total. The predicted octanol–water partition coefficient (Wildman–Crippen LogP) is 2.59. The second kappa shape index (κ2) is 5.36. The molecule has 0 aliphatic heterocycles. The third-order valence-electron chi connectivity index (χ3n) is 1.78. The lowest BCUT2D eigenvalue weighted by Gasteiger charge is -2.18. The largest absolute Gasteiger partial charge is 0.310 e. The van der Waals surface area contributed by atoms with E-state index in [0.29, 0.717) is 6.04 Å². The van der Waals surface area contributed by atoms with E-state index in [0.717, 1.165) is 18.9 Å². The average molecular weight is 155 g/mol. The minimum atomic E-state index is 0.511. The second-order valence-electron chi connectivity index (χ2n) is 3.61. The quantitative estimate of drug-likeness (QED) is 0.602. The molecule has 0 aromatic carbocycles. The molecule has 0 spiro atoms. The van der Waals surface area contributed by atoms with Crippen LogP contribution in [0, 0.1) is 5.92 Å². The summed E-state index contributed by atoms with van der Waals surface area (Å²) >= 11 is 0. The fourth-order valence-corrected chi connectivity index (χ4v) is 1.04. The minimum Gasteiger partial charge on any atom is -0.310 e. The van der Waals surface area contributed by atoms with Gasteiger partial charge in [0.25, 0.3) is 0 Å². The van der Waals surface area contributed by atoms with Crippen LogP contribution in [0.5, 0.6) is 0 Å². The van der Waals surface area contributed by atoms with Crippen LogP contribution < -0.4 is 5.32 Å². The van der Waals surface area contributed by atoms with Gasteiger partial charge in [0, 0.05) is 6.04 Å². The Bertz CT molecular complexity index is 116. The summed E-state index contributed by atoms with van der Waals surface area (Å²) in [5.41, 5.74) is 1.24. The molecule has 0 saturated carbocycles. The van der Waals surface area contributed by atoms with Crippen molar-refractivity contribution in [2.75, 3.05) is 6.54 Å². The smallest absolute Gasteiger partial charge is 0.0271 e. The molecule has 1 heteroatoms. The molecular formula is C10H21N. The van der Waals surface area contributed by atoms with Gasteiger partial charge in [-0.15, -0.1) is 0 Å². The lowest BCUT2D eigenvalue weighted by atomic mass is 10.1. The van der Waals surface area contributed by atoms with Crippen LogP contribution in [0.1, 0.15) is 34.1 Å². The molecule has 0 aliphatic carbocycles.